The van der Waals surface area contributed by atoms with Crippen LogP contribution in [0.2, 0.25) is 0 Å². The van der Waals surface area contributed by atoms with E-state index < -0.39 is 0 Å². The van der Waals surface area contributed by atoms with Crippen molar-refractivity contribution in [1.82, 2.24) is 4.90 Å². The molecule has 0 aromatic rings. The van der Waals surface area contributed by atoms with Crippen LogP contribution in [0.25, 0.3) is 0 Å². The fraction of sp³-hybridized carbons (Fsp3) is 1.00. The van der Waals surface area contributed by atoms with E-state index in [2.05, 4.69) is 13.8 Å². The van der Waals surface area contributed by atoms with Gasteiger partial charge in [0.2, 0.25) is 0 Å². The molecule has 0 aliphatic rings. The molecule has 0 saturated carbocycles. The van der Waals surface area contributed by atoms with E-state index in [4.69, 9.17) is 15.3 Å². The van der Waals surface area contributed by atoms with Crippen molar-refractivity contribution < 1.29 is 15.3 Å². The van der Waals surface area contributed by atoms with Crippen molar-refractivity contribution in [3.63, 3.8) is 0 Å². The number of nitrogens with zero attached hydrogens (tertiary/aromatic N) is 1. The van der Waals surface area contributed by atoms with Crippen LogP contribution in [0.5, 0.6) is 0 Å². The van der Waals surface area contributed by atoms with Crippen LogP contribution < -0.4 is 0 Å². The van der Waals surface area contributed by atoms with Crippen LogP contribution in [0.4, 0.5) is 0 Å². The highest BCUT2D eigenvalue weighted by atomic mass is 16.3. The van der Waals surface area contributed by atoms with Gasteiger partial charge in [0.1, 0.15) is 0 Å². The molecule has 0 aromatic carbocycles. The van der Waals surface area contributed by atoms with Crippen molar-refractivity contribution in [2.24, 2.45) is 5.92 Å². The number of hydrogen-bond donors (Lipinski definition) is 3. The Morgan fingerprint density at radius 1 is 0.812 bits per heavy atom. The Morgan fingerprint density at radius 2 is 1.25 bits per heavy atom. The van der Waals surface area contributed by atoms with Gasteiger partial charge in [-0.1, -0.05) is 13.8 Å². The molecule has 0 aliphatic carbocycles. The summed E-state index contributed by atoms with van der Waals surface area (Å²) in [6.45, 7) is 10.2. The lowest BCUT2D eigenvalue weighted by molar-refractivity contribution is 0.135. The Morgan fingerprint density at radius 3 is 1.38 bits per heavy atom. The van der Waals surface area contributed by atoms with E-state index in [0.717, 1.165) is 6.42 Å². The van der Waals surface area contributed by atoms with Crippen molar-refractivity contribution in [1.29, 1.82) is 0 Å². The molecule has 0 bridgehead atoms. The van der Waals surface area contributed by atoms with Crippen molar-refractivity contribution in [2.45, 2.75) is 40.2 Å². The van der Waals surface area contributed by atoms with Crippen LogP contribution in [0.1, 0.15) is 34.1 Å². The standard InChI is InChI=1S/C7H17NO2.C5H12O/c1-7(2)8(3-5-9)4-6-10;1-5(2)3-4-6/h7,9-10H,3-6H2,1-2H3;5-6H,3-4H2,1-2H3. The lowest BCUT2D eigenvalue weighted by Crippen LogP contribution is -2.35. The van der Waals surface area contributed by atoms with Crippen LogP contribution >= 0.6 is 0 Å². The maximum absolute atomic E-state index is 8.59. The van der Waals surface area contributed by atoms with E-state index in [-0.39, 0.29) is 13.2 Å². The van der Waals surface area contributed by atoms with E-state index in [1.165, 1.54) is 0 Å². The van der Waals surface area contributed by atoms with Gasteiger partial charge in [0, 0.05) is 25.7 Å². The van der Waals surface area contributed by atoms with E-state index in [9.17, 15) is 0 Å². The Kier molecular flexibility index (Phi) is 14.7. The monoisotopic (exact) mass is 235 g/mol. The average Bonchev–Trinajstić information content (AvgIpc) is 2.18. The molecule has 0 rings (SSSR count). The van der Waals surface area contributed by atoms with E-state index in [1.807, 2.05) is 18.7 Å². The molecular formula is C12H29NO3. The molecule has 0 saturated heterocycles. The quantitative estimate of drug-likeness (QED) is 0.608. The summed E-state index contributed by atoms with van der Waals surface area (Å²) in [6, 6.07) is 0.402. The number of rotatable bonds is 7. The van der Waals surface area contributed by atoms with Crippen molar-refractivity contribution in [3.05, 3.63) is 0 Å². The topological polar surface area (TPSA) is 63.9 Å². The summed E-state index contributed by atoms with van der Waals surface area (Å²) in [7, 11) is 0. The predicted molar refractivity (Wildman–Crippen MR) is 67.4 cm³/mol. The molecular weight excluding hydrogens is 206 g/mol. The lowest BCUT2D eigenvalue weighted by atomic mass is 10.2. The minimum Gasteiger partial charge on any atom is -0.396 e. The third-order valence-corrected chi connectivity index (χ3v) is 2.21. The Bertz CT molecular complexity index is 123. The average molecular weight is 235 g/mol. The highest BCUT2D eigenvalue weighted by Gasteiger charge is 2.06. The molecule has 4 nitrogen and oxygen atoms in total. The number of aliphatic hydroxyl groups excluding tert-OH is 3. The molecule has 0 aliphatic heterocycles. The van der Waals surface area contributed by atoms with Gasteiger partial charge in [-0.15, -0.1) is 0 Å². The summed E-state index contributed by atoms with van der Waals surface area (Å²) in [5.74, 6) is 0.648. The smallest absolute Gasteiger partial charge is 0.0558 e. The summed E-state index contributed by atoms with van der Waals surface area (Å²) in [6.07, 6.45) is 0.931. The number of hydrogen-bond acceptors (Lipinski definition) is 4. The largest absolute Gasteiger partial charge is 0.396 e. The Hall–Kier alpha value is -0.160. The predicted octanol–water partition coefficient (Wildman–Crippen LogP) is 0.706. The van der Waals surface area contributed by atoms with Gasteiger partial charge in [-0.3, -0.25) is 4.90 Å². The van der Waals surface area contributed by atoms with Crippen molar-refractivity contribution in [2.75, 3.05) is 32.9 Å². The molecule has 0 unspecified atom stereocenters. The van der Waals surface area contributed by atoms with Gasteiger partial charge in [-0.05, 0) is 26.2 Å². The zero-order valence-electron chi connectivity index (χ0n) is 11.2. The summed E-state index contributed by atoms with van der Waals surface area (Å²) < 4.78 is 0. The van der Waals surface area contributed by atoms with Crippen LogP contribution in [0, 0.1) is 5.92 Å². The SMILES string of the molecule is CC(C)CCO.CC(C)N(CCO)CCO. The molecule has 4 heteroatoms. The lowest BCUT2D eigenvalue weighted by Gasteiger charge is -2.24. The van der Waals surface area contributed by atoms with Crippen LogP contribution in [0.15, 0.2) is 0 Å². The second-order valence-electron chi connectivity index (χ2n) is 4.48. The molecule has 0 amide bonds. The molecule has 0 atom stereocenters. The highest BCUT2D eigenvalue weighted by Crippen LogP contribution is 1.95. The molecule has 0 radical (unpaired) electrons. The van der Waals surface area contributed by atoms with E-state index in [1.54, 1.807) is 0 Å². The van der Waals surface area contributed by atoms with Gasteiger partial charge in [0.05, 0.1) is 13.2 Å². The van der Waals surface area contributed by atoms with Gasteiger partial charge < -0.3 is 15.3 Å². The van der Waals surface area contributed by atoms with Crippen molar-refractivity contribution in [3.8, 4) is 0 Å². The first-order valence-electron chi connectivity index (χ1n) is 6.06. The second-order valence-corrected chi connectivity index (χ2v) is 4.48. The summed E-state index contributed by atoms with van der Waals surface area (Å²) >= 11 is 0. The van der Waals surface area contributed by atoms with Crippen molar-refractivity contribution >= 4 is 0 Å². The zero-order valence-corrected chi connectivity index (χ0v) is 11.2. The normalized spacial score (nSPS) is 10.9. The van der Waals surface area contributed by atoms with Gasteiger partial charge in [-0.2, -0.15) is 0 Å². The summed E-state index contributed by atoms with van der Waals surface area (Å²) in [5.41, 5.74) is 0. The first-order chi connectivity index (χ1) is 7.49. The fourth-order valence-corrected chi connectivity index (χ4v) is 1.14. The minimum absolute atomic E-state index is 0.165. The van der Waals surface area contributed by atoms with Gasteiger partial charge in [0.15, 0.2) is 0 Å². The Balaban J connectivity index is 0. The van der Waals surface area contributed by atoms with Gasteiger partial charge in [-0.25, -0.2) is 0 Å². The van der Waals surface area contributed by atoms with Crippen LogP contribution in [0.3, 0.4) is 0 Å². The third kappa shape index (κ3) is 13.8. The molecule has 0 spiro atoms. The minimum atomic E-state index is 0.165. The highest BCUT2D eigenvalue weighted by molar-refractivity contribution is 4.60. The van der Waals surface area contributed by atoms with E-state index in [0.29, 0.717) is 31.7 Å². The maximum atomic E-state index is 8.59. The zero-order chi connectivity index (χ0) is 13.0. The first-order valence-corrected chi connectivity index (χ1v) is 6.06. The maximum Gasteiger partial charge on any atom is 0.0558 e. The molecule has 0 fully saturated rings. The summed E-state index contributed by atoms with van der Waals surface area (Å²) in [5, 5.41) is 25.4. The van der Waals surface area contributed by atoms with Gasteiger partial charge in [0.25, 0.3) is 0 Å². The second kappa shape index (κ2) is 12.9. The van der Waals surface area contributed by atoms with Crippen LogP contribution in [-0.2, 0) is 0 Å². The van der Waals surface area contributed by atoms with E-state index >= 15 is 0 Å². The third-order valence-electron chi connectivity index (χ3n) is 2.21. The molecule has 0 heterocycles. The van der Waals surface area contributed by atoms with Crippen LogP contribution in [-0.4, -0.2) is 59.2 Å². The fourth-order valence-electron chi connectivity index (χ4n) is 1.14. The molecule has 0 aromatic heterocycles. The molecule has 3 N–H and O–H groups in total. The van der Waals surface area contributed by atoms with Gasteiger partial charge >= 0.3 is 0 Å². The molecule has 16 heavy (non-hydrogen) atoms. The first kappa shape index (κ1) is 18.2. The Labute approximate surface area is 99.9 Å². The summed E-state index contributed by atoms with van der Waals surface area (Å²) in [4.78, 5) is 2.03. The molecule has 100 valence electrons. The number of aliphatic hydroxyl groups is 3.